The van der Waals surface area contributed by atoms with E-state index in [0.717, 1.165) is 16.9 Å². The van der Waals surface area contributed by atoms with Gasteiger partial charge >= 0.3 is 6.03 Å². The molecule has 0 spiro atoms. The van der Waals surface area contributed by atoms with Gasteiger partial charge in [-0.15, -0.1) is 0 Å². The molecular formula is C18H22N2O3. The van der Waals surface area contributed by atoms with Crippen LogP contribution in [0.5, 0.6) is 11.5 Å². The van der Waals surface area contributed by atoms with E-state index in [2.05, 4.69) is 5.32 Å². The number of rotatable bonds is 5. The van der Waals surface area contributed by atoms with E-state index in [4.69, 9.17) is 4.74 Å². The van der Waals surface area contributed by atoms with Crippen molar-refractivity contribution in [1.29, 1.82) is 0 Å². The van der Waals surface area contributed by atoms with Gasteiger partial charge in [-0.25, -0.2) is 4.79 Å². The van der Waals surface area contributed by atoms with Crippen LogP contribution in [-0.4, -0.2) is 30.2 Å². The number of para-hydroxylation sites is 1. The molecule has 23 heavy (non-hydrogen) atoms. The van der Waals surface area contributed by atoms with Crippen LogP contribution < -0.4 is 10.1 Å². The highest BCUT2D eigenvalue weighted by atomic mass is 16.5. The number of nitrogens with zero attached hydrogens (tertiary/aromatic N) is 1. The van der Waals surface area contributed by atoms with Crippen molar-refractivity contribution >= 4 is 6.03 Å². The van der Waals surface area contributed by atoms with Crippen molar-refractivity contribution in [3.63, 3.8) is 0 Å². The number of methoxy groups -OCH3 is 1. The molecule has 0 aliphatic carbocycles. The Morgan fingerprint density at radius 2 is 1.87 bits per heavy atom. The van der Waals surface area contributed by atoms with Gasteiger partial charge in [0.25, 0.3) is 0 Å². The second kappa shape index (κ2) is 7.54. The standard InChI is InChI=1S/C18H22N2O3/c1-13(16-6-4-5-7-17(16)21)20(2)18(22)19-12-14-8-10-15(23-3)11-9-14/h4-11,13,21H,12H2,1-3H3,(H,19,22). The Balaban J connectivity index is 1.95. The fraction of sp³-hybridized carbons (Fsp3) is 0.278. The molecule has 0 radical (unpaired) electrons. The first-order chi connectivity index (χ1) is 11.0. The molecule has 0 fully saturated rings. The van der Waals surface area contributed by atoms with Crippen LogP contribution >= 0.6 is 0 Å². The minimum Gasteiger partial charge on any atom is -0.508 e. The number of hydrogen-bond donors (Lipinski definition) is 2. The molecule has 5 heteroatoms. The molecule has 2 amide bonds. The summed E-state index contributed by atoms with van der Waals surface area (Å²) in [4.78, 5) is 13.8. The fourth-order valence-corrected chi connectivity index (χ4v) is 2.27. The lowest BCUT2D eigenvalue weighted by molar-refractivity contribution is 0.193. The number of carbonyl (C=O) groups is 1. The van der Waals surface area contributed by atoms with Crippen molar-refractivity contribution in [2.45, 2.75) is 19.5 Å². The van der Waals surface area contributed by atoms with Crippen molar-refractivity contribution in [2.24, 2.45) is 0 Å². The highest BCUT2D eigenvalue weighted by Crippen LogP contribution is 2.27. The van der Waals surface area contributed by atoms with Gasteiger partial charge in [-0.2, -0.15) is 0 Å². The molecule has 0 bridgehead atoms. The summed E-state index contributed by atoms with van der Waals surface area (Å²) in [5, 5.41) is 12.8. The maximum Gasteiger partial charge on any atom is 0.317 e. The molecule has 0 heterocycles. The smallest absolute Gasteiger partial charge is 0.317 e. The van der Waals surface area contributed by atoms with Gasteiger partial charge in [0, 0.05) is 19.2 Å². The zero-order chi connectivity index (χ0) is 16.8. The topological polar surface area (TPSA) is 61.8 Å². The molecule has 2 N–H and O–H groups in total. The summed E-state index contributed by atoms with van der Waals surface area (Å²) in [5.41, 5.74) is 1.71. The largest absolute Gasteiger partial charge is 0.508 e. The Morgan fingerprint density at radius 3 is 2.48 bits per heavy atom. The van der Waals surface area contributed by atoms with Crippen molar-refractivity contribution in [3.05, 3.63) is 59.7 Å². The quantitative estimate of drug-likeness (QED) is 0.890. The van der Waals surface area contributed by atoms with Gasteiger partial charge < -0.3 is 20.1 Å². The third-order valence-electron chi connectivity index (χ3n) is 3.89. The van der Waals surface area contributed by atoms with Gasteiger partial charge in [-0.1, -0.05) is 30.3 Å². The Labute approximate surface area is 136 Å². The van der Waals surface area contributed by atoms with Crippen LogP contribution in [0.25, 0.3) is 0 Å². The number of nitrogens with one attached hydrogen (secondary N) is 1. The van der Waals surface area contributed by atoms with Crippen LogP contribution in [0.3, 0.4) is 0 Å². The Morgan fingerprint density at radius 1 is 1.22 bits per heavy atom. The number of aromatic hydroxyl groups is 1. The molecule has 2 aromatic carbocycles. The summed E-state index contributed by atoms with van der Waals surface area (Å²) in [5.74, 6) is 0.972. The SMILES string of the molecule is COc1ccc(CNC(=O)N(C)C(C)c2ccccc2O)cc1. The molecule has 122 valence electrons. The number of carbonyl (C=O) groups excluding carboxylic acids is 1. The maximum atomic E-state index is 12.3. The number of phenols is 1. The first-order valence-corrected chi connectivity index (χ1v) is 7.44. The highest BCUT2D eigenvalue weighted by Gasteiger charge is 2.19. The van der Waals surface area contributed by atoms with Gasteiger partial charge in [0.1, 0.15) is 11.5 Å². The van der Waals surface area contributed by atoms with E-state index >= 15 is 0 Å². The summed E-state index contributed by atoms with van der Waals surface area (Å²) in [6.45, 7) is 2.31. The Hall–Kier alpha value is -2.69. The number of ether oxygens (including phenoxy) is 1. The van der Waals surface area contributed by atoms with Crippen LogP contribution in [0.4, 0.5) is 4.79 Å². The average molecular weight is 314 g/mol. The second-order valence-corrected chi connectivity index (χ2v) is 5.35. The number of benzene rings is 2. The van der Waals surface area contributed by atoms with E-state index in [0.29, 0.717) is 6.54 Å². The number of hydrogen-bond acceptors (Lipinski definition) is 3. The highest BCUT2D eigenvalue weighted by molar-refractivity contribution is 5.74. The maximum absolute atomic E-state index is 12.3. The Bertz CT molecular complexity index is 656. The molecule has 0 saturated carbocycles. The lowest BCUT2D eigenvalue weighted by atomic mass is 10.1. The first kappa shape index (κ1) is 16.7. The van der Waals surface area contributed by atoms with Crippen LogP contribution in [0.1, 0.15) is 24.1 Å². The van der Waals surface area contributed by atoms with Gasteiger partial charge in [0.2, 0.25) is 0 Å². The molecule has 0 saturated heterocycles. The van der Waals surface area contributed by atoms with Crippen molar-refractivity contribution < 1.29 is 14.6 Å². The minimum atomic E-state index is -0.230. The summed E-state index contributed by atoms with van der Waals surface area (Å²) in [6.07, 6.45) is 0. The van der Waals surface area contributed by atoms with E-state index in [1.807, 2.05) is 43.3 Å². The molecule has 0 aliphatic rings. The fourth-order valence-electron chi connectivity index (χ4n) is 2.27. The van der Waals surface area contributed by atoms with Crippen molar-refractivity contribution in [2.75, 3.05) is 14.2 Å². The predicted octanol–water partition coefficient (Wildman–Crippen LogP) is 3.30. The van der Waals surface area contributed by atoms with E-state index in [9.17, 15) is 9.90 Å². The molecule has 0 aromatic heterocycles. The molecule has 2 aromatic rings. The van der Waals surface area contributed by atoms with Crippen molar-refractivity contribution in [3.8, 4) is 11.5 Å². The number of urea groups is 1. The molecule has 1 atom stereocenters. The summed E-state index contributed by atoms with van der Waals surface area (Å²) >= 11 is 0. The molecule has 0 aliphatic heterocycles. The van der Waals surface area contributed by atoms with Crippen LogP contribution in [0, 0.1) is 0 Å². The normalized spacial score (nSPS) is 11.6. The van der Waals surface area contributed by atoms with Crippen LogP contribution in [-0.2, 0) is 6.54 Å². The molecule has 2 rings (SSSR count). The number of phenolic OH excluding ortho intramolecular Hbond substituents is 1. The zero-order valence-corrected chi connectivity index (χ0v) is 13.6. The van der Waals surface area contributed by atoms with Gasteiger partial charge in [-0.3, -0.25) is 0 Å². The summed E-state index contributed by atoms with van der Waals surface area (Å²) in [7, 11) is 3.33. The first-order valence-electron chi connectivity index (χ1n) is 7.44. The van der Waals surface area contributed by atoms with E-state index in [-0.39, 0.29) is 17.8 Å². The van der Waals surface area contributed by atoms with Gasteiger partial charge in [0.15, 0.2) is 0 Å². The van der Waals surface area contributed by atoms with Crippen LogP contribution in [0.2, 0.25) is 0 Å². The molecule has 5 nitrogen and oxygen atoms in total. The Kier molecular flexibility index (Phi) is 5.46. The van der Waals surface area contributed by atoms with Crippen molar-refractivity contribution in [1.82, 2.24) is 10.2 Å². The molecular weight excluding hydrogens is 292 g/mol. The van der Waals surface area contributed by atoms with Crippen LogP contribution in [0.15, 0.2) is 48.5 Å². The monoisotopic (exact) mass is 314 g/mol. The summed E-state index contributed by atoms with van der Waals surface area (Å²) in [6, 6.07) is 14.1. The lowest BCUT2D eigenvalue weighted by Gasteiger charge is -2.26. The van der Waals surface area contributed by atoms with E-state index in [1.54, 1.807) is 31.2 Å². The third-order valence-corrected chi connectivity index (χ3v) is 3.89. The van der Waals surface area contributed by atoms with Gasteiger partial charge in [-0.05, 0) is 30.7 Å². The number of amides is 2. The lowest BCUT2D eigenvalue weighted by Crippen LogP contribution is -2.38. The minimum absolute atomic E-state index is 0.190. The second-order valence-electron chi connectivity index (χ2n) is 5.35. The van der Waals surface area contributed by atoms with E-state index < -0.39 is 0 Å². The van der Waals surface area contributed by atoms with E-state index in [1.165, 1.54) is 0 Å². The molecule has 1 unspecified atom stereocenters. The zero-order valence-electron chi connectivity index (χ0n) is 13.6. The third kappa shape index (κ3) is 4.16. The van der Waals surface area contributed by atoms with Gasteiger partial charge in [0.05, 0.1) is 13.2 Å². The summed E-state index contributed by atoms with van der Waals surface area (Å²) < 4.78 is 5.11. The predicted molar refractivity (Wildman–Crippen MR) is 89.5 cm³/mol. The average Bonchev–Trinajstić information content (AvgIpc) is 2.59.